The second-order valence-corrected chi connectivity index (χ2v) is 4.12. The second kappa shape index (κ2) is 4.39. The van der Waals surface area contributed by atoms with Crippen LogP contribution in [0.4, 0.5) is 5.95 Å². The predicted octanol–water partition coefficient (Wildman–Crippen LogP) is 3.04. The van der Waals surface area contributed by atoms with Crippen molar-refractivity contribution in [3.8, 4) is 5.69 Å². The largest absolute Gasteiger partial charge is 0.358 e. The first-order chi connectivity index (χ1) is 7.72. The van der Waals surface area contributed by atoms with Gasteiger partial charge in [-0.25, -0.2) is 4.98 Å². The molecule has 1 heterocycles. The summed E-state index contributed by atoms with van der Waals surface area (Å²) in [5.41, 5.74) is 2.49. The molecule has 0 fully saturated rings. The lowest BCUT2D eigenvalue weighted by Gasteiger charge is -2.10. The molecule has 2 rings (SSSR count). The fraction of sp³-hybridized carbons (Fsp3) is 0.308. The molecule has 84 valence electrons. The number of benzene rings is 1. The molecule has 0 saturated heterocycles. The van der Waals surface area contributed by atoms with Crippen molar-refractivity contribution in [2.75, 3.05) is 12.4 Å². The first-order valence-corrected chi connectivity index (χ1v) is 5.54. The minimum absolute atomic E-state index is 0.543. The quantitative estimate of drug-likeness (QED) is 0.852. The van der Waals surface area contributed by atoms with Crippen LogP contribution in [0.3, 0.4) is 0 Å². The van der Waals surface area contributed by atoms with Gasteiger partial charge in [-0.05, 0) is 23.6 Å². The van der Waals surface area contributed by atoms with Crippen molar-refractivity contribution in [2.24, 2.45) is 0 Å². The van der Waals surface area contributed by atoms with Crippen LogP contribution < -0.4 is 5.32 Å². The van der Waals surface area contributed by atoms with Crippen LogP contribution in [0.2, 0.25) is 0 Å². The van der Waals surface area contributed by atoms with Gasteiger partial charge in [0.15, 0.2) is 0 Å². The number of imidazole rings is 1. The van der Waals surface area contributed by atoms with Gasteiger partial charge in [0.1, 0.15) is 0 Å². The summed E-state index contributed by atoms with van der Waals surface area (Å²) in [7, 11) is 1.88. The molecule has 0 aliphatic carbocycles. The zero-order valence-corrected chi connectivity index (χ0v) is 9.94. The Morgan fingerprint density at radius 3 is 2.81 bits per heavy atom. The van der Waals surface area contributed by atoms with Crippen LogP contribution >= 0.6 is 0 Å². The van der Waals surface area contributed by atoms with E-state index in [1.165, 1.54) is 5.56 Å². The monoisotopic (exact) mass is 215 g/mol. The van der Waals surface area contributed by atoms with Gasteiger partial charge in [0.05, 0.1) is 0 Å². The highest BCUT2D eigenvalue weighted by Crippen LogP contribution is 2.20. The summed E-state index contributed by atoms with van der Waals surface area (Å²) in [6, 6.07) is 8.54. The van der Waals surface area contributed by atoms with Gasteiger partial charge in [-0.3, -0.25) is 4.57 Å². The highest BCUT2D eigenvalue weighted by Gasteiger charge is 2.05. The van der Waals surface area contributed by atoms with Gasteiger partial charge in [-0.1, -0.05) is 26.0 Å². The third-order valence-corrected chi connectivity index (χ3v) is 2.68. The van der Waals surface area contributed by atoms with E-state index in [2.05, 4.69) is 48.4 Å². The fourth-order valence-electron chi connectivity index (χ4n) is 1.73. The van der Waals surface area contributed by atoms with Gasteiger partial charge in [0.2, 0.25) is 5.95 Å². The van der Waals surface area contributed by atoms with Crippen molar-refractivity contribution in [3.63, 3.8) is 0 Å². The molecule has 1 aromatic carbocycles. The maximum Gasteiger partial charge on any atom is 0.207 e. The molecule has 1 N–H and O–H groups in total. The molecule has 3 heteroatoms. The summed E-state index contributed by atoms with van der Waals surface area (Å²) in [4.78, 5) is 4.24. The number of anilines is 1. The summed E-state index contributed by atoms with van der Waals surface area (Å²) in [5, 5.41) is 3.07. The van der Waals surface area contributed by atoms with Gasteiger partial charge in [-0.15, -0.1) is 0 Å². The summed E-state index contributed by atoms with van der Waals surface area (Å²) in [6.45, 7) is 4.40. The standard InChI is InChI=1S/C13H17N3/c1-10(2)11-5-4-6-12(9-11)16-8-7-15-13(16)14-3/h4-10H,1-3H3,(H,14,15). The summed E-state index contributed by atoms with van der Waals surface area (Å²) >= 11 is 0. The molecule has 0 radical (unpaired) electrons. The molecule has 0 aliphatic heterocycles. The number of hydrogen-bond donors (Lipinski definition) is 1. The maximum absolute atomic E-state index is 4.24. The topological polar surface area (TPSA) is 29.9 Å². The smallest absolute Gasteiger partial charge is 0.207 e. The Kier molecular flexibility index (Phi) is 2.95. The van der Waals surface area contributed by atoms with E-state index in [0.717, 1.165) is 11.6 Å². The van der Waals surface area contributed by atoms with Crippen LogP contribution in [0.1, 0.15) is 25.3 Å². The Labute approximate surface area is 96.1 Å². The number of nitrogens with zero attached hydrogens (tertiary/aromatic N) is 2. The molecule has 0 spiro atoms. The lowest BCUT2D eigenvalue weighted by atomic mass is 10.0. The molecule has 0 amide bonds. The van der Waals surface area contributed by atoms with E-state index in [0.29, 0.717) is 5.92 Å². The average molecular weight is 215 g/mol. The molecular weight excluding hydrogens is 198 g/mol. The molecule has 16 heavy (non-hydrogen) atoms. The Hall–Kier alpha value is -1.77. The Balaban J connectivity index is 2.44. The number of rotatable bonds is 3. The molecule has 0 unspecified atom stereocenters. The predicted molar refractivity (Wildman–Crippen MR) is 67.2 cm³/mol. The van der Waals surface area contributed by atoms with Crippen LogP contribution in [0, 0.1) is 0 Å². The zero-order valence-electron chi connectivity index (χ0n) is 9.94. The molecule has 0 atom stereocenters. The third-order valence-electron chi connectivity index (χ3n) is 2.68. The first kappa shape index (κ1) is 10.7. The molecule has 0 saturated carbocycles. The summed E-state index contributed by atoms with van der Waals surface area (Å²) < 4.78 is 2.05. The fourth-order valence-corrected chi connectivity index (χ4v) is 1.73. The van der Waals surface area contributed by atoms with Gasteiger partial charge in [-0.2, -0.15) is 0 Å². The lowest BCUT2D eigenvalue weighted by Crippen LogP contribution is -2.01. The Bertz CT molecular complexity index is 472. The third kappa shape index (κ3) is 1.94. The van der Waals surface area contributed by atoms with E-state index in [1.54, 1.807) is 6.20 Å². The van der Waals surface area contributed by atoms with E-state index in [4.69, 9.17) is 0 Å². The number of aromatic nitrogens is 2. The van der Waals surface area contributed by atoms with Crippen molar-refractivity contribution in [2.45, 2.75) is 19.8 Å². The van der Waals surface area contributed by atoms with E-state index in [-0.39, 0.29) is 0 Å². The molecule has 1 aromatic heterocycles. The number of nitrogens with one attached hydrogen (secondary N) is 1. The van der Waals surface area contributed by atoms with Crippen LogP contribution in [0.15, 0.2) is 36.7 Å². The minimum atomic E-state index is 0.543. The van der Waals surface area contributed by atoms with Gasteiger partial charge in [0.25, 0.3) is 0 Å². The van der Waals surface area contributed by atoms with E-state index in [1.807, 2.05) is 17.8 Å². The molecule has 2 aromatic rings. The minimum Gasteiger partial charge on any atom is -0.358 e. The van der Waals surface area contributed by atoms with Crippen molar-refractivity contribution in [1.82, 2.24) is 9.55 Å². The SMILES string of the molecule is CNc1nccn1-c1cccc(C(C)C)c1. The average Bonchev–Trinajstić information content (AvgIpc) is 2.77. The molecule has 3 nitrogen and oxygen atoms in total. The van der Waals surface area contributed by atoms with E-state index >= 15 is 0 Å². The maximum atomic E-state index is 4.24. The van der Waals surface area contributed by atoms with Crippen LogP contribution in [0.25, 0.3) is 5.69 Å². The van der Waals surface area contributed by atoms with Gasteiger partial charge < -0.3 is 5.32 Å². The van der Waals surface area contributed by atoms with Crippen LogP contribution in [0.5, 0.6) is 0 Å². The molecule has 0 aliphatic rings. The zero-order chi connectivity index (χ0) is 11.5. The summed E-state index contributed by atoms with van der Waals surface area (Å²) in [5.74, 6) is 1.41. The Morgan fingerprint density at radius 2 is 2.12 bits per heavy atom. The van der Waals surface area contributed by atoms with Crippen molar-refractivity contribution in [3.05, 3.63) is 42.2 Å². The van der Waals surface area contributed by atoms with Crippen molar-refractivity contribution >= 4 is 5.95 Å². The second-order valence-electron chi connectivity index (χ2n) is 4.12. The lowest BCUT2D eigenvalue weighted by molar-refractivity contribution is 0.863. The molecular formula is C13H17N3. The van der Waals surface area contributed by atoms with Gasteiger partial charge in [0, 0.05) is 25.1 Å². The molecule has 0 bridgehead atoms. The van der Waals surface area contributed by atoms with E-state index < -0.39 is 0 Å². The first-order valence-electron chi connectivity index (χ1n) is 5.54. The Morgan fingerprint density at radius 1 is 1.31 bits per heavy atom. The summed E-state index contributed by atoms with van der Waals surface area (Å²) in [6.07, 6.45) is 3.76. The highest BCUT2D eigenvalue weighted by molar-refractivity contribution is 5.43. The highest BCUT2D eigenvalue weighted by atomic mass is 15.2. The van der Waals surface area contributed by atoms with Crippen LogP contribution in [-0.4, -0.2) is 16.6 Å². The van der Waals surface area contributed by atoms with Crippen molar-refractivity contribution < 1.29 is 0 Å². The normalized spacial score (nSPS) is 10.8. The number of hydrogen-bond acceptors (Lipinski definition) is 2. The van der Waals surface area contributed by atoms with Crippen LogP contribution in [-0.2, 0) is 0 Å². The van der Waals surface area contributed by atoms with E-state index in [9.17, 15) is 0 Å². The van der Waals surface area contributed by atoms with Gasteiger partial charge >= 0.3 is 0 Å². The van der Waals surface area contributed by atoms with Crippen molar-refractivity contribution in [1.29, 1.82) is 0 Å².